The molecule has 0 atom stereocenters. The van der Waals surface area contributed by atoms with Crippen molar-refractivity contribution < 1.29 is 17.5 Å². The zero-order valence-corrected chi connectivity index (χ0v) is 9.41. The van der Waals surface area contributed by atoms with E-state index in [9.17, 15) is 5.11 Å². The molecule has 1 aliphatic carbocycles. The predicted molar refractivity (Wildman–Crippen MR) is 41.9 cm³/mol. The Hall–Kier alpha value is 1.02. The van der Waals surface area contributed by atoms with E-state index in [4.69, 9.17) is 0 Å². The zero-order chi connectivity index (χ0) is 6.74. The van der Waals surface area contributed by atoms with Crippen LogP contribution in [0.3, 0.4) is 0 Å². The first-order chi connectivity index (χ1) is 4.27. The molecule has 0 amide bonds. The van der Waals surface area contributed by atoms with Crippen molar-refractivity contribution in [1.82, 2.24) is 0 Å². The second-order valence-electron chi connectivity index (χ2n) is 3.14. The van der Waals surface area contributed by atoms with Crippen LogP contribution >= 0.6 is 0 Å². The topological polar surface area (TPSA) is 23.1 Å². The SMILES string of the molecule is CCCC1([O-])CCCC1.[Cl-].[Mg+2]. The summed E-state index contributed by atoms with van der Waals surface area (Å²) in [5.74, 6) is 0. The van der Waals surface area contributed by atoms with Crippen LogP contribution in [0.2, 0.25) is 0 Å². The maximum absolute atomic E-state index is 11.5. The average molecular weight is 187 g/mol. The van der Waals surface area contributed by atoms with E-state index < -0.39 is 5.60 Å². The van der Waals surface area contributed by atoms with Gasteiger partial charge in [0.25, 0.3) is 0 Å². The number of rotatable bonds is 2. The van der Waals surface area contributed by atoms with E-state index in [1.807, 2.05) is 0 Å². The summed E-state index contributed by atoms with van der Waals surface area (Å²) in [6.45, 7) is 2.10. The Morgan fingerprint density at radius 2 is 1.73 bits per heavy atom. The van der Waals surface area contributed by atoms with Gasteiger partial charge in [0.15, 0.2) is 0 Å². The summed E-state index contributed by atoms with van der Waals surface area (Å²) in [5.41, 5.74) is -0.505. The molecule has 1 nitrogen and oxygen atoms in total. The Labute approximate surface area is 91.5 Å². The normalized spacial score (nSPS) is 20.2. The van der Waals surface area contributed by atoms with Crippen molar-refractivity contribution in [3.8, 4) is 0 Å². The first-order valence-corrected chi connectivity index (χ1v) is 3.97. The van der Waals surface area contributed by atoms with Gasteiger partial charge in [-0.1, -0.05) is 45.4 Å². The van der Waals surface area contributed by atoms with Crippen LogP contribution in [-0.4, -0.2) is 28.7 Å². The molecule has 0 saturated heterocycles. The molecule has 1 saturated carbocycles. The molecule has 0 unspecified atom stereocenters. The Bertz CT molecular complexity index is 92.1. The molecule has 62 valence electrons. The van der Waals surface area contributed by atoms with Crippen molar-refractivity contribution in [3.63, 3.8) is 0 Å². The van der Waals surface area contributed by atoms with Crippen LogP contribution in [0.25, 0.3) is 0 Å². The van der Waals surface area contributed by atoms with E-state index in [0.29, 0.717) is 0 Å². The average Bonchev–Trinajstić information content (AvgIpc) is 2.16. The van der Waals surface area contributed by atoms with Crippen molar-refractivity contribution in [2.45, 2.75) is 51.0 Å². The summed E-state index contributed by atoms with van der Waals surface area (Å²) in [6.07, 6.45) is 6.16. The summed E-state index contributed by atoms with van der Waals surface area (Å²) in [6, 6.07) is 0. The molecule has 0 aromatic heterocycles. The number of halogens is 1. The first kappa shape index (κ1) is 14.5. The molecule has 0 radical (unpaired) electrons. The quantitative estimate of drug-likeness (QED) is 0.462. The van der Waals surface area contributed by atoms with Crippen molar-refractivity contribution in [2.75, 3.05) is 0 Å². The van der Waals surface area contributed by atoms with Gasteiger partial charge in [0.1, 0.15) is 0 Å². The Balaban J connectivity index is 0. The molecule has 11 heavy (non-hydrogen) atoms. The molecule has 0 aromatic carbocycles. The van der Waals surface area contributed by atoms with Gasteiger partial charge in [0, 0.05) is 0 Å². The van der Waals surface area contributed by atoms with Gasteiger partial charge in [-0.2, -0.15) is 0 Å². The van der Waals surface area contributed by atoms with Gasteiger partial charge in [-0.05, 0) is 0 Å². The van der Waals surface area contributed by atoms with Gasteiger partial charge in [-0.25, -0.2) is 0 Å². The molecule has 3 heteroatoms. The zero-order valence-electron chi connectivity index (χ0n) is 7.24. The third kappa shape index (κ3) is 4.56. The van der Waals surface area contributed by atoms with Crippen LogP contribution < -0.4 is 17.5 Å². The van der Waals surface area contributed by atoms with Gasteiger partial charge in [0.2, 0.25) is 0 Å². The molecule has 0 bridgehead atoms. The van der Waals surface area contributed by atoms with Gasteiger partial charge in [-0.3, -0.25) is 0 Å². The molecular formula is C8H15ClMgO. The molecule has 0 N–H and O–H groups in total. The van der Waals surface area contributed by atoms with Gasteiger partial charge in [-0.15, -0.1) is 5.60 Å². The molecule has 0 aromatic rings. The Morgan fingerprint density at radius 1 is 1.27 bits per heavy atom. The Morgan fingerprint density at radius 3 is 2.09 bits per heavy atom. The third-order valence-corrected chi connectivity index (χ3v) is 2.22. The first-order valence-electron chi connectivity index (χ1n) is 3.97. The molecule has 1 aliphatic rings. The van der Waals surface area contributed by atoms with E-state index in [1.165, 1.54) is 12.8 Å². The molecular weight excluding hydrogens is 172 g/mol. The third-order valence-electron chi connectivity index (χ3n) is 2.22. The summed E-state index contributed by atoms with van der Waals surface area (Å²) in [5, 5.41) is 11.5. The molecule has 1 fully saturated rings. The van der Waals surface area contributed by atoms with Crippen LogP contribution in [0.15, 0.2) is 0 Å². The smallest absolute Gasteiger partial charge is 1.00 e. The van der Waals surface area contributed by atoms with Crippen molar-refractivity contribution >= 4 is 23.1 Å². The summed E-state index contributed by atoms with van der Waals surface area (Å²) in [4.78, 5) is 0. The van der Waals surface area contributed by atoms with Gasteiger partial charge >= 0.3 is 23.1 Å². The number of hydrogen-bond donors (Lipinski definition) is 0. The number of hydrogen-bond acceptors (Lipinski definition) is 1. The molecule has 1 rings (SSSR count). The van der Waals surface area contributed by atoms with E-state index >= 15 is 0 Å². The van der Waals surface area contributed by atoms with Crippen LogP contribution in [0, 0.1) is 0 Å². The predicted octanol–water partition coefficient (Wildman–Crippen LogP) is -1.92. The second kappa shape index (κ2) is 6.52. The largest absolute Gasteiger partial charge is 2.00 e. The standard InChI is InChI=1S/C8H15O.ClH.Mg/c1-2-5-8(9)6-3-4-7-8;;/h2-7H2,1H3;1H;/q-1;;+2/p-1. The molecule has 0 heterocycles. The van der Waals surface area contributed by atoms with Crippen LogP contribution in [0.5, 0.6) is 0 Å². The fourth-order valence-corrected chi connectivity index (χ4v) is 1.72. The summed E-state index contributed by atoms with van der Waals surface area (Å²) >= 11 is 0. The van der Waals surface area contributed by atoms with Crippen LogP contribution in [-0.2, 0) is 0 Å². The van der Waals surface area contributed by atoms with Gasteiger partial charge in [0.05, 0.1) is 0 Å². The minimum absolute atomic E-state index is 0. The van der Waals surface area contributed by atoms with E-state index in [-0.39, 0.29) is 35.5 Å². The van der Waals surface area contributed by atoms with E-state index in [1.54, 1.807) is 0 Å². The minimum atomic E-state index is -0.505. The van der Waals surface area contributed by atoms with Crippen molar-refractivity contribution in [1.29, 1.82) is 0 Å². The maximum atomic E-state index is 11.5. The van der Waals surface area contributed by atoms with Crippen LogP contribution in [0.1, 0.15) is 45.4 Å². The molecule has 0 aliphatic heterocycles. The molecule has 0 spiro atoms. The monoisotopic (exact) mass is 186 g/mol. The maximum Gasteiger partial charge on any atom is 2.00 e. The van der Waals surface area contributed by atoms with E-state index in [2.05, 4.69) is 6.92 Å². The summed E-state index contributed by atoms with van der Waals surface area (Å²) in [7, 11) is 0. The van der Waals surface area contributed by atoms with Gasteiger partial charge < -0.3 is 17.5 Å². The minimum Gasteiger partial charge on any atom is -1.00 e. The summed E-state index contributed by atoms with van der Waals surface area (Å²) < 4.78 is 0. The van der Waals surface area contributed by atoms with Crippen molar-refractivity contribution in [2.24, 2.45) is 0 Å². The van der Waals surface area contributed by atoms with E-state index in [0.717, 1.165) is 25.7 Å². The fourth-order valence-electron chi connectivity index (χ4n) is 1.72. The fraction of sp³-hybridized carbons (Fsp3) is 1.00. The van der Waals surface area contributed by atoms with Crippen molar-refractivity contribution in [3.05, 3.63) is 0 Å². The second-order valence-corrected chi connectivity index (χ2v) is 3.14. The van der Waals surface area contributed by atoms with Crippen LogP contribution in [0.4, 0.5) is 0 Å². The Kier molecular flexibility index (Phi) is 8.62.